The number of rotatable bonds is 3. The molecule has 0 radical (unpaired) electrons. The summed E-state index contributed by atoms with van der Waals surface area (Å²) < 4.78 is 13.0. The molecule has 3 unspecified atom stereocenters. The molecule has 100 valence electrons. The molecule has 0 saturated carbocycles. The molecule has 1 aromatic carbocycles. The Hall–Kier alpha value is -0.930. The zero-order chi connectivity index (χ0) is 13.1. The van der Waals surface area contributed by atoms with Crippen LogP contribution in [0.5, 0.6) is 0 Å². The number of hydrogen-bond acceptors (Lipinski definition) is 2. The summed E-state index contributed by atoms with van der Waals surface area (Å²) in [6.07, 6.45) is 3.16. The third-order valence-corrected chi connectivity index (χ3v) is 4.01. The van der Waals surface area contributed by atoms with Gasteiger partial charge in [0.15, 0.2) is 0 Å². The highest BCUT2D eigenvalue weighted by atomic mass is 19.1. The molecule has 3 heteroatoms. The van der Waals surface area contributed by atoms with E-state index in [0.717, 1.165) is 25.8 Å². The van der Waals surface area contributed by atoms with Crippen molar-refractivity contribution in [1.29, 1.82) is 0 Å². The topological polar surface area (TPSA) is 29.3 Å². The lowest BCUT2D eigenvalue weighted by Crippen LogP contribution is -2.46. The van der Waals surface area contributed by atoms with Gasteiger partial charge in [-0.1, -0.05) is 19.1 Å². The smallest absolute Gasteiger partial charge is 0.123 e. The van der Waals surface area contributed by atoms with Gasteiger partial charge >= 0.3 is 0 Å². The lowest BCUT2D eigenvalue weighted by atomic mass is 9.93. The maximum Gasteiger partial charge on any atom is 0.123 e. The normalized spacial score (nSPS) is 27.1. The van der Waals surface area contributed by atoms with Gasteiger partial charge in [0.1, 0.15) is 5.82 Å². The van der Waals surface area contributed by atoms with Crippen LogP contribution >= 0.6 is 0 Å². The quantitative estimate of drug-likeness (QED) is 0.893. The van der Waals surface area contributed by atoms with E-state index in [0.29, 0.717) is 18.1 Å². The average molecular weight is 250 g/mol. The minimum Gasteiger partial charge on any atom is -0.328 e. The third kappa shape index (κ3) is 2.90. The van der Waals surface area contributed by atoms with Gasteiger partial charge in [-0.15, -0.1) is 0 Å². The van der Waals surface area contributed by atoms with Crippen LogP contribution in [0.2, 0.25) is 0 Å². The molecule has 1 saturated heterocycles. The SMILES string of the molecule is CCC(c1ccc(F)cc1)N1CCC(N)CC1C. The molecule has 18 heavy (non-hydrogen) atoms. The van der Waals surface area contributed by atoms with Crippen molar-refractivity contribution in [1.82, 2.24) is 4.90 Å². The summed E-state index contributed by atoms with van der Waals surface area (Å²) in [6, 6.07) is 8.14. The van der Waals surface area contributed by atoms with E-state index in [1.165, 1.54) is 5.56 Å². The highest BCUT2D eigenvalue weighted by Crippen LogP contribution is 2.30. The summed E-state index contributed by atoms with van der Waals surface area (Å²) in [7, 11) is 0. The third-order valence-electron chi connectivity index (χ3n) is 4.01. The molecule has 3 atom stereocenters. The van der Waals surface area contributed by atoms with Crippen molar-refractivity contribution in [2.45, 2.75) is 51.2 Å². The van der Waals surface area contributed by atoms with Crippen LogP contribution < -0.4 is 5.73 Å². The Morgan fingerprint density at radius 3 is 2.61 bits per heavy atom. The molecular weight excluding hydrogens is 227 g/mol. The van der Waals surface area contributed by atoms with Crippen molar-refractivity contribution in [2.24, 2.45) is 5.73 Å². The van der Waals surface area contributed by atoms with E-state index in [2.05, 4.69) is 18.7 Å². The van der Waals surface area contributed by atoms with Crippen molar-refractivity contribution >= 4 is 0 Å². The first kappa shape index (κ1) is 13.5. The molecule has 2 rings (SSSR count). The maximum atomic E-state index is 13.0. The van der Waals surface area contributed by atoms with E-state index in [1.807, 2.05) is 12.1 Å². The number of likely N-dealkylation sites (tertiary alicyclic amines) is 1. The molecule has 0 bridgehead atoms. The summed E-state index contributed by atoms with van der Waals surface area (Å²) in [5.74, 6) is -0.165. The lowest BCUT2D eigenvalue weighted by Gasteiger charge is -2.41. The molecule has 1 heterocycles. The minimum atomic E-state index is -0.165. The van der Waals surface area contributed by atoms with Gasteiger partial charge in [-0.05, 0) is 43.9 Å². The Bertz CT molecular complexity index is 377. The first-order valence-corrected chi connectivity index (χ1v) is 6.88. The summed E-state index contributed by atoms with van der Waals surface area (Å²) in [6.45, 7) is 5.47. The van der Waals surface area contributed by atoms with Gasteiger partial charge in [-0.3, -0.25) is 4.90 Å². The largest absolute Gasteiger partial charge is 0.328 e. The molecule has 1 aliphatic heterocycles. The highest BCUT2D eigenvalue weighted by Gasteiger charge is 2.28. The summed E-state index contributed by atoms with van der Waals surface area (Å²) in [5, 5.41) is 0. The van der Waals surface area contributed by atoms with Gasteiger partial charge in [-0.25, -0.2) is 4.39 Å². The van der Waals surface area contributed by atoms with Crippen LogP contribution in [0.3, 0.4) is 0 Å². The number of hydrogen-bond donors (Lipinski definition) is 1. The Balaban J connectivity index is 2.15. The fourth-order valence-electron chi connectivity index (χ4n) is 3.04. The van der Waals surface area contributed by atoms with Gasteiger partial charge < -0.3 is 5.73 Å². The zero-order valence-corrected chi connectivity index (χ0v) is 11.3. The Labute approximate surface area is 109 Å². The molecule has 0 aliphatic carbocycles. The van der Waals surface area contributed by atoms with Crippen LogP contribution in [-0.2, 0) is 0 Å². The second-order valence-corrected chi connectivity index (χ2v) is 5.35. The number of halogens is 1. The van der Waals surface area contributed by atoms with Crippen LogP contribution in [0.15, 0.2) is 24.3 Å². The van der Waals surface area contributed by atoms with Crippen LogP contribution in [0.1, 0.15) is 44.7 Å². The van der Waals surface area contributed by atoms with Crippen LogP contribution in [0.25, 0.3) is 0 Å². The van der Waals surface area contributed by atoms with E-state index in [1.54, 1.807) is 12.1 Å². The van der Waals surface area contributed by atoms with Crippen molar-refractivity contribution in [2.75, 3.05) is 6.54 Å². The van der Waals surface area contributed by atoms with Crippen LogP contribution in [0.4, 0.5) is 4.39 Å². The molecule has 0 amide bonds. The molecule has 0 spiro atoms. The monoisotopic (exact) mass is 250 g/mol. The van der Waals surface area contributed by atoms with Crippen LogP contribution in [0, 0.1) is 5.82 Å². The Morgan fingerprint density at radius 2 is 2.06 bits per heavy atom. The summed E-state index contributed by atoms with van der Waals surface area (Å²) in [4.78, 5) is 2.51. The summed E-state index contributed by atoms with van der Waals surface area (Å²) in [5.41, 5.74) is 7.22. The van der Waals surface area contributed by atoms with Crippen molar-refractivity contribution in [3.63, 3.8) is 0 Å². The lowest BCUT2D eigenvalue weighted by molar-refractivity contribution is 0.0928. The maximum absolute atomic E-state index is 13.0. The minimum absolute atomic E-state index is 0.165. The predicted molar refractivity (Wildman–Crippen MR) is 72.8 cm³/mol. The Kier molecular flexibility index (Phi) is 4.36. The standard InChI is InChI=1S/C15H23FN2/c1-3-15(12-4-6-13(16)7-5-12)18-9-8-14(17)10-11(18)2/h4-7,11,14-15H,3,8-10,17H2,1-2H3. The molecule has 2 nitrogen and oxygen atoms in total. The second-order valence-electron chi connectivity index (χ2n) is 5.35. The van der Waals surface area contributed by atoms with E-state index in [4.69, 9.17) is 5.73 Å². The fraction of sp³-hybridized carbons (Fsp3) is 0.600. The first-order valence-electron chi connectivity index (χ1n) is 6.88. The average Bonchev–Trinajstić information content (AvgIpc) is 2.35. The molecule has 1 fully saturated rings. The van der Waals surface area contributed by atoms with E-state index in [9.17, 15) is 4.39 Å². The molecule has 1 aliphatic rings. The summed E-state index contributed by atoms with van der Waals surface area (Å²) >= 11 is 0. The van der Waals surface area contributed by atoms with Crippen LogP contribution in [-0.4, -0.2) is 23.5 Å². The Morgan fingerprint density at radius 1 is 1.39 bits per heavy atom. The highest BCUT2D eigenvalue weighted by molar-refractivity contribution is 5.20. The van der Waals surface area contributed by atoms with E-state index < -0.39 is 0 Å². The van der Waals surface area contributed by atoms with Gasteiger partial charge in [0.2, 0.25) is 0 Å². The predicted octanol–water partition coefficient (Wildman–Crippen LogP) is 3.09. The number of nitrogens with two attached hydrogens (primary N) is 1. The van der Waals surface area contributed by atoms with Gasteiger partial charge in [0.05, 0.1) is 0 Å². The van der Waals surface area contributed by atoms with E-state index in [-0.39, 0.29) is 5.82 Å². The number of nitrogens with zero attached hydrogens (tertiary/aromatic N) is 1. The zero-order valence-electron chi connectivity index (χ0n) is 11.3. The second kappa shape index (κ2) is 5.81. The van der Waals surface area contributed by atoms with Gasteiger partial charge in [-0.2, -0.15) is 0 Å². The van der Waals surface area contributed by atoms with Gasteiger partial charge in [0.25, 0.3) is 0 Å². The van der Waals surface area contributed by atoms with Crippen molar-refractivity contribution in [3.8, 4) is 0 Å². The first-order chi connectivity index (χ1) is 8.61. The number of benzene rings is 1. The molecule has 0 aromatic heterocycles. The van der Waals surface area contributed by atoms with Crippen molar-refractivity contribution < 1.29 is 4.39 Å². The van der Waals surface area contributed by atoms with Gasteiger partial charge in [0, 0.05) is 24.7 Å². The molecule has 2 N–H and O–H groups in total. The van der Waals surface area contributed by atoms with E-state index >= 15 is 0 Å². The molecular formula is C15H23FN2. The van der Waals surface area contributed by atoms with Crippen molar-refractivity contribution in [3.05, 3.63) is 35.6 Å². The molecule has 1 aromatic rings. The number of piperidine rings is 1. The fourth-order valence-corrected chi connectivity index (χ4v) is 3.04.